The molecular formula is C16H21ClN4O2. The Labute approximate surface area is 140 Å². The molecule has 0 unspecified atom stereocenters. The molecule has 7 heteroatoms. The molecule has 0 radical (unpaired) electrons. The number of likely N-dealkylation sites (N-methyl/N-ethyl adjacent to an activating group) is 1. The molecule has 4 amide bonds. The average Bonchev–Trinajstić information content (AvgIpc) is 2.81. The Balaban J connectivity index is 1.63. The molecule has 0 saturated carbocycles. The molecule has 0 aromatic heterocycles. The van der Waals surface area contributed by atoms with Gasteiger partial charge < -0.3 is 20.4 Å². The fourth-order valence-electron chi connectivity index (χ4n) is 3.27. The number of halogens is 1. The third-order valence-corrected chi connectivity index (χ3v) is 5.48. The second-order valence-electron chi connectivity index (χ2n) is 6.27. The monoisotopic (exact) mass is 336 g/mol. The van der Waals surface area contributed by atoms with E-state index in [4.69, 9.17) is 11.6 Å². The van der Waals surface area contributed by atoms with Gasteiger partial charge in [-0.25, -0.2) is 9.59 Å². The van der Waals surface area contributed by atoms with Crippen LogP contribution < -0.4 is 10.6 Å². The summed E-state index contributed by atoms with van der Waals surface area (Å²) in [5, 5.41) is 6.44. The lowest BCUT2D eigenvalue weighted by Gasteiger charge is -2.42. The van der Waals surface area contributed by atoms with Crippen molar-refractivity contribution in [3.8, 4) is 0 Å². The van der Waals surface area contributed by atoms with Gasteiger partial charge in [-0.1, -0.05) is 17.7 Å². The second kappa shape index (κ2) is 5.92. The molecule has 2 fully saturated rings. The Bertz CT molecular complexity index is 641. The van der Waals surface area contributed by atoms with Crippen LogP contribution in [0.4, 0.5) is 15.3 Å². The number of carbonyl (C=O) groups excluding carboxylic acids is 2. The van der Waals surface area contributed by atoms with Gasteiger partial charge in [-0.15, -0.1) is 0 Å². The van der Waals surface area contributed by atoms with Gasteiger partial charge in [0.15, 0.2) is 0 Å². The molecule has 0 atom stereocenters. The maximum atomic E-state index is 12.5. The molecule has 1 aromatic rings. The summed E-state index contributed by atoms with van der Waals surface area (Å²) in [7, 11) is 1.83. The van der Waals surface area contributed by atoms with Gasteiger partial charge in [0.1, 0.15) is 0 Å². The average molecular weight is 337 g/mol. The van der Waals surface area contributed by atoms with Crippen LogP contribution in [0.2, 0.25) is 5.02 Å². The van der Waals surface area contributed by atoms with Crippen LogP contribution in [-0.4, -0.2) is 54.1 Å². The number of piperidine rings is 1. The van der Waals surface area contributed by atoms with E-state index in [1.54, 1.807) is 15.9 Å². The Kier molecular flexibility index (Phi) is 4.10. The van der Waals surface area contributed by atoms with Crippen molar-refractivity contribution in [2.24, 2.45) is 0 Å². The smallest absolute Gasteiger partial charge is 0.321 e. The zero-order valence-corrected chi connectivity index (χ0v) is 14.1. The van der Waals surface area contributed by atoms with Crippen LogP contribution in [0.3, 0.4) is 0 Å². The van der Waals surface area contributed by atoms with Crippen molar-refractivity contribution < 1.29 is 9.59 Å². The number of benzene rings is 1. The van der Waals surface area contributed by atoms with Gasteiger partial charge in [-0.05, 0) is 37.5 Å². The van der Waals surface area contributed by atoms with Crippen LogP contribution in [0.15, 0.2) is 18.2 Å². The number of hydrogen-bond acceptors (Lipinski definition) is 2. The van der Waals surface area contributed by atoms with E-state index >= 15 is 0 Å². The number of amides is 4. The summed E-state index contributed by atoms with van der Waals surface area (Å²) in [6, 6.07) is 5.32. The highest BCUT2D eigenvalue weighted by Crippen LogP contribution is 2.31. The number of rotatable bonds is 1. The predicted molar refractivity (Wildman–Crippen MR) is 89.9 cm³/mol. The first-order valence-corrected chi connectivity index (χ1v) is 8.13. The molecule has 3 rings (SSSR count). The van der Waals surface area contributed by atoms with Crippen LogP contribution in [0.25, 0.3) is 0 Å². The molecule has 0 bridgehead atoms. The van der Waals surface area contributed by atoms with Gasteiger partial charge in [0.25, 0.3) is 0 Å². The Morgan fingerprint density at radius 1 is 1.35 bits per heavy atom. The lowest BCUT2D eigenvalue weighted by Crippen LogP contribution is -2.54. The highest BCUT2D eigenvalue weighted by molar-refractivity contribution is 6.31. The minimum atomic E-state index is -0.153. The molecule has 6 nitrogen and oxygen atoms in total. The molecule has 0 aliphatic carbocycles. The molecule has 124 valence electrons. The molecule has 2 aliphatic heterocycles. The summed E-state index contributed by atoms with van der Waals surface area (Å²) in [5.41, 5.74) is 1.44. The zero-order chi connectivity index (χ0) is 16.6. The highest BCUT2D eigenvalue weighted by atomic mass is 35.5. The predicted octanol–water partition coefficient (Wildman–Crippen LogP) is 2.67. The number of likely N-dealkylation sites (tertiary alicyclic amines) is 1. The highest BCUT2D eigenvalue weighted by Gasteiger charge is 2.45. The summed E-state index contributed by atoms with van der Waals surface area (Å²) in [6.07, 6.45) is 1.56. The molecule has 1 aromatic carbocycles. The number of carbonyl (C=O) groups is 2. The summed E-state index contributed by atoms with van der Waals surface area (Å²) in [4.78, 5) is 27.7. The van der Waals surface area contributed by atoms with Crippen LogP contribution >= 0.6 is 11.6 Å². The molecule has 2 aliphatic rings. The summed E-state index contributed by atoms with van der Waals surface area (Å²) in [6.45, 7) is 3.80. The van der Waals surface area contributed by atoms with Crippen molar-refractivity contribution in [2.45, 2.75) is 25.3 Å². The van der Waals surface area contributed by atoms with E-state index in [2.05, 4.69) is 10.6 Å². The van der Waals surface area contributed by atoms with Crippen LogP contribution in [0, 0.1) is 6.92 Å². The van der Waals surface area contributed by atoms with Gasteiger partial charge in [0, 0.05) is 37.4 Å². The van der Waals surface area contributed by atoms with Crippen molar-refractivity contribution in [3.63, 3.8) is 0 Å². The number of anilines is 1. The van der Waals surface area contributed by atoms with Crippen molar-refractivity contribution in [2.75, 3.05) is 32.0 Å². The van der Waals surface area contributed by atoms with Gasteiger partial charge in [0.05, 0.1) is 5.54 Å². The van der Waals surface area contributed by atoms with E-state index in [0.29, 0.717) is 24.7 Å². The first-order valence-electron chi connectivity index (χ1n) is 7.76. The minimum Gasteiger partial charge on any atom is -0.336 e. The molecule has 2 heterocycles. The van der Waals surface area contributed by atoms with Crippen molar-refractivity contribution in [3.05, 3.63) is 28.8 Å². The quantitative estimate of drug-likeness (QED) is 0.828. The number of nitrogens with zero attached hydrogens (tertiary/aromatic N) is 2. The first kappa shape index (κ1) is 15.9. The fraction of sp³-hybridized carbons (Fsp3) is 0.500. The third kappa shape index (κ3) is 2.83. The molecule has 1 spiro atoms. The molecule has 2 N–H and O–H groups in total. The molecule has 23 heavy (non-hydrogen) atoms. The van der Waals surface area contributed by atoms with E-state index in [1.165, 1.54) is 0 Å². The number of nitrogens with one attached hydrogen (secondary N) is 2. The van der Waals surface area contributed by atoms with Gasteiger partial charge >= 0.3 is 12.1 Å². The first-order chi connectivity index (χ1) is 10.9. The Hall–Kier alpha value is -1.95. The van der Waals surface area contributed by atoms with E-state index < -0.39 is 0 Å². The van der Waals surface area contributed by atoms with Crippen LogP contribution in [-0.2, 0) is 0 Å². The summed E-state index contributed by atoms with van der Waals surface area (Å²) < 4.78 is 0. The lowest BCUT2D eigenvalue weighted by molar-refractivity contribution is 0.106. The molecular weight excluding hydrogens is 316 g/mol. The maximum absolute atomic E-state index is 12.5. The standard InChI is InChI=1S/C16H21ClN4O2/c1-11-12(17)4-3-5-13(11)19-15(23)21-8-6-16(7-9-21)10-18-14(22)20(16)2/h3-5H,6-10H2,1-2H3,(H,18,22)(H,19,23). The van der Waals surface area contributed by atoms with Crippen molar-refractivity contribution in [1.82, 2.24) is 15.1 Å². The summed E-state index contributed by atoms with van der Waals surface area (Å²) >= 11 is 6.09. The van der Waals surface area contributed by atoms with Crippen molar-refractivity contribution in [1.29, 1.82) is 0 Å². The van der Waals surface area contributed by atoms with E-state index in [0.717, 1.165) is 24.1 Å². The third-order valence-electron chi connectivity index (χ3n) is 5.08. The van der Waals surface area contributed by atoms with Gasteiger partial charge in [-0.2, -0.15) is 0 Å². The zero-order valence-electron chi connectivity index (χ0n) is 13.4. The Morgan fingerprint density at radius 2 is 2.04 bits per heavy atom. The van der Waals surface area contributed by atoms with E-state index in [9.17, 15) is 9.59 Å². The SMILES string of the molecule is Cc1c(Cl)cccc1NC(=O)N1CCC2(CC1)CNC(=O)N2C. The molecule has 2 saturated heterocycles. The number of urea groups is 2. The topological polar surface area (TPSA) is 64.7 Å². The van der Waals surface area contributed by atoms with E-state index in [-0.39, 0.29) is 17.6 Å². The van der Waals surface area contributed by atoms with Crippen LogP contribution in [0.1, 0.15) is 18.4 Å². The van der Waals surface area contributed by atoms with Gasteiger partial charge in [0.2, 0.25) is 0 Å². The Morgan fingerprint density at radius 3 is 2.65 bits per heavy atom. The maximum Gasteiger partial charge on any atom is 0.321 e. The van der Waals surface area contributed by atoms with Gasteiger partial charge in [-0.3, -0.25) is 0 Å². The van der Waals surface area contributed by atoms with Crippen LogP contribution in [0.5, 0.6) is 0 Å². The minimum absolute atomic E-state index is 0.0301. The second-order valence-corrected chi connectivity index (χ2v) is 6.68. The fourth-order valence-corrected chi connectivity index (χ4v) is 3.44. The summed E-state index contributed by atoms with van der Waals surface area (Å²) in [5.74, 6) is 0. The number of hydrogen-bond donors (Lipinski definition) is 2. The largest absolute Gasteiger partial charge is 0.336 e. The van der Waals surface area contributed by atoms with E-state index in [1.807, 2.05) is 26.1 Å². The van der Waals surface area contributed by atoms with Crippen molar-refractivity contribution >= 4 is 29.4 Å². The lowest BCUT2D eigenvalue weighted by atomic mass is 9.87. The normalized spacial score (nSPS) is 19.9.